The van der Waals surface area contributed by atoms with E-state index in [2.05, 4.69) is 37.8 Å². The topological polar surface area (TPSA) is 12.0 Å². The molecule has 0 bridgehead atoms. The van der Waals surface area contributed by atoms with E-state index in [-0.39, 0.29) is 0 Å². The smallest absolute Gasteiger partial charge is 0.0558 e. The van der Waals surface area contributed by atoms with Crippen molar-refractivity contribution < 1.29 is 0 Å². The number of nitrogens with one attached hydrogen (secondary N) is 1. The summed E-state index contributed by atoms with van der Waals surface area (Å²) in [5.41, 5.74) is 0. The minimum Gasteiger partial charge on any atom is -0.305 e. The Morgan fingerprint density at radius 2 is 2.20 bits per heavy atom. The third kappa shape index (κ3) is 2.17. The van der Waals surface area contributed by atoms with Crippen LogP contribution in [0, 0.1) is 5.92 Å². The van der Waals surface area contributed by atoms with Crippen molar-refractivity contribution in [2.45, 2.75) is 37.8 Å². The van der Waals surface area contributed by atoms with Crippen LogP contribution in [0.1, 0.15) is 27.2 Å². The molecule has 1 rings (SSSR count). The molecule has 0 aromatic rings. The van der Waals surface area contributed by atoms with Gasteiger partial charge in [0, 0.05) is 5.25 Å². The van der Waals surface area contributed by atoms with Gasteiger partial charge in [0.1, 0.15) is 0 Å². The van der Waals surface area contributed by atoms with Crippen LogP contribution in [0.2, 0.25) is 0 Å². The average molecular weight is 159 g/mol. The van der Waals surface area contributed by atoms with Crippen LogP contribution in [0.5, 0.6) is 0 Å². The normalized spacial score (nSPS) is 34.8. The highest BCUT2D eigenvalue weighted by molar-refractivity contribution is 8.00. The first-order chi connectivity index (χ1) is 4.70. The van der Waals surface area contributed by atoms with E-state index in [1.165, 1.54) is 13.0 Å². The van der Waals surface area contributed by atoms with Gasteiger partial charge in [-0.15, -0.1) is 11.8 Å². The Hall–Kier alpha value is 0.310. The molecule has 0 aromatic heterocycles. The van der Waals surface area contributed by atoms with E-state index in [4.69, 9.17) is 0 Å². The van der Waals surface area contributed by atoms with E-state index in [0.29, 0.717) is 5.37 Å². The van der Waals surface area contributed by atoms with Gasteiger partial charge >= 0.3 is 0 Å². The molecule has 2 atom stereocenters. The molecule has 1 fully saturated rings. The summed E-state index contributed by atoms with van der Waals surface area (Å²) in [4.78, 5) is 0. The van der Waals surface area contributed by atoms with Gasteiger partial charge in [-0.1, -0.05) is 20.8 Å². The molecule has 1 saturated heterocycles. The number of rotatable bonds is 1. The van der Waals surface area contributed by atoms with Crippen molar-refractivity contribution in [1.29, 1.82) is 0 Å². The second-order valence-electron chi connectivity index (χ2n) is 3.35. The Bertz CT molecular complexity index is 103. The van der Waals surface area contributed by atoms with Crippen LogP contribution in [0.3, 0.4) is 0 Å². The van der Waals surface area contributed by atoms with Crippen LogP contribution >= 0.6 is 11.8 Å². The lowest BCUT2D eigenvalue weighted by molar-refractivity contribution is 0.487. The fourth-order valence-electron chi connectivity index (χ4n) is 1.19. The van der Waals surface area contributed by atoms with Gasteiger partial charge < -0.3 is 5.32 Å². The summed E-state index contributed by atoms with van der Waals surface area (Å²) in [5, 5.41) is 5.07. The van der Waals surface area contributed by atoms with Gasteiger partial charge in [-0.25, -0.2) is 0 Å². The summed E-state index contributed by atoms with van der Waals surface area (Å²) in [6, 6.07) is 0. The lowest BCUT2D eigenvalue weighted by atomic mass is 10.2. The molecule has 0 aromatic carbocycles. The summed E-state index contributed by atoms with van der Waals surface area (Å²) in [7, 11) is 0. The highest BCUT2D eigenvalue weighted by Crippen LogP contribution is 2.26. The fourth-order valence-corrected chi connectivity index (χ4v) is 2.47. The van der Waals surface area contributed by atoms with Gasteiger partial charge in [-0.05, 0) is 18.9 Å². The molecule has 2 heteroatoms. The second-order valence-corrected chi connectivity index (χ2v) is 4.94. The molecule has 2 unspecified atom stereocenters. The van der Waals surface area contributed by atoms with Crippen LogP contribution in [-0.4, -0.2) is 17.2 Å². The third-order valence-corrected chi connectivity index (χ3v) is 3.59. The second kappa shape index (κ2) is 3.63. The van der Waals surface area contributed by atoms with Crippen molar-refractivity contribution >= 4 is 11.8 Å². The highest BCUT2D eigenvalue weighted by atomic mass is 32.2. The minimum atomic E-state index is 0.698. The van der Waals surface area contributed by atoms with Crippen molar-refractivity contribution in [3.05, 3.63) is 0 Å². The zero-order chi connectivity index (χ0) is 7.56. The number of thioether (sulfide) groups is 1. The summed E-state index contributed by atoms with van der Waals surface area (Å²) in [6.45, 7) is 8.09. The van der Waals surface area contributed by atoms with Crippen molar-refractivity contribution in [1.82, 2.24) is 5.32 Å². The number of hydrogen-bond donors (Lipinski definition) is 1. The lowest BCUT2D eigenvalue weighted by Gasteiger charge is -2.30. The van der Waals surface area contributed by atoms with E-state index in [1.807, 2.05) is 0 Å². The zero-order valence-electron chi connectivity index (χ0n) is 7.05. The van der Waals surface area contributed by atoms with Crippen LogP contribution in [-0.2, 0) is 0 Å². The van der Waals surface area contributed by atoms with Crippen molar-refractivity contribution in [2.75, 3.05) is 6.54 Å². The van der Waals surface area contributed by atoms with Gasteiger partial charge in [-0.2, -0.15) is 0 Å². The van der Waals surface area contributed by atoms with Crippen molar-refractivity contribution in [2.24, 2.45) is 5.92 Å². The zero-order valence-corrected chi connectivity index (χ0v) is 7.87. The van der Waals surface area contributed by atoms with Crippen LogP contribution in [0.4, 0.5) is 0 Å². The predicted molar refractivity (Wildman–Crippen MR) is 48.3 cm³/mol. The molecule has 0 spiro atoms. The minimum absolute atomic E-state index is 0.698. The summed E-state index contributed by atoms with van der Waals surface area (Å²) < 4.78 is 0. The maximum atomic E-state index is 3.51. The first-order valence-corrected chi connectivity index (χ1v) is 5.03. The Kier molecular flexibility index (Phi) is 3.05. The van der Waals surface area contributed by atoms with Gasteiger partial charge in [0.25, 0.3) is 0 Å². The van der Waals surface area contributed by atoms with E-state index >= 15 is 0 Å². The molecule has 1 heterocycles. The maximum Gasteiger partial charge on any atom is 0.0558 e. The first-order valence-electron chi connectivity index (χ1n) is 4.09. The third-order valence-electron chi connectivity index (χ3n) is 1.88. The summed E-state index contributed by atoms with van der Waals surface area (Å²) >= 11 is 2.08. The van der Waals surface area contributed by atoms with Gasteiger partial charge in [0.2, 0.25) is 0 Å². The van der Waals surface area contributed by atoms with E-state index in [9.17, 15) is 0 Å². The highest BCUT2D eigenvalue weighted by Gasteiger charge is 2.20. The fraction of sp³-hybridized carbons (Fsp3) is 1.00. The molecule has 60 valence electrons. The van der Waals surface area contributed by atoms with Gasteiger partial charge in [-0.3, -0.25) is 0 Å². The standard InChI is InChI=1S/C8H17NS/c1-6(2)8-9-5-4-7(3)10-8/h6-9H,4-5H2,1-3H3. The molecule has 0 aliphatic carbocycles. The molecular weight excluding hydrogens is 142 g/mol. The Labute approximate surface area is 68.0 Å². The predicted octanol–water partition coefficient (Wildman–Crippen LogP) is 2.08. The van der Waals surface area contributed by atoms with Crippen LogP contribution in [0.25, 0.3) is 0 Å². The SMILES string of the molecule is CC1CCNC(C(C)C)S1. The quantitative estimate of drug-likeness (QED) is 0.628. The largest absolute Gasteiger partial charge is 0.305 e. The van der Waals surface area contributed by atoms with E-state index in [1.54, 1.807) is 0 Å². The van der Waals surface area contributed by atoms with Gasteiger partial charge in [0.15, 0.2) is 0 Å². The van der Waals surface area contributed by atoms with Crippen molar-refractivity contribution in [3.63, 3.8) is 0 Å². The number of hydrogen-bond acceptors (Lipinski definition) is 2. The van der Waals surface area contributed by atoms with Gasteiger partial charge in [0.05, 0.1) is 5.37 Å². The van der Waals surface area contributed by atoms with Crippen LogP contribution in [0.15, 0.2) is 0 Å². The molecule has 0 radical (unpaired) electrons. The van der Waals surface area contributed by atoms with E-state index in [0.717, 1.165) is 11.2 Å². The molecule has 1 nitrogen and oxygen atoms in total. The van der Waals surface area contributed by atoms with Crippen LogP contribution < -0.4 is 5.32 Å². The maximum absolute atomic E-state index is 3.51. The summed E-state index contributed by atoms with van der Waals surface area (Å²) in [5.74, 6) is 0.771. The molecular formula is C8H17NS. The molecule has 1 N–H and O–H groups in total. The summed E-state index contributed by atoms with van der Waals surface area (Å²) in [6.07, 6.45) is 1.33. The average Bonchev–Trinajstić information content (AvgIpc) is 1.88. The molecule has 0 saturated carbocycles. The molecule has 1 aliphatic heterocycles. The monoisotopic (exact) mass is 159 g/mol. The Morgan fingerprint density at radius 1 is 1.50 bits per heavy atom. The van der Waals surface area contributed by atoms with E-state index < -0.39 is 0 Å². The Balaban J connectivity index is 2.32. The molecule has 0 amide bonds. The molecule has 1 aliphatic rings. The Morgan fingerprint density at radius 3 is 2.60 bits per heavy atom. The molecule has 10 heavy (non-hydrogen) atoms. The lowest BCUT2D eigenvalue weighted by Crippen LogP contribution is -2.38. The van der Waals surface area contributed by atoms with Crippen molar-refractivity contribution in [3.8, 4) is 0 Å². The first kappa shape index (κ1) is 8.41.